The first-order chi connectivity index (χ1) is 12.5. The molecule has 1 amide bonds. The van der Waals surface area contributed by atoms with Gasteiger partial charge in [-0.2, -0.15) is 0 Å². The van der Waals surface area contributed by atoms with Gasteiger partial charge in [-0.15, -0.1) is 10.2 Å². The molecular weight excluding hydrogens is 396 g/mol. The van der Waals surface area contributed by atoms with Crippen LogP contribution in [0, 0.1) is 6.92 Å². The average molecular weight is 415 g/mol. The molecule has 0 atom stereocenters. The second-order valence-electron chi connectivity index (χ2n) is 6.07. The van der Waals surface area contributed by atoms with E-state index in [4.69, 9.17) is 4.42 Å². The molecule has 0 bridgehead atoms. The highest BCUT2D eigenvalue weighted by Gasteiger charge is 2.14. The predicted molar refractivity (Wildman–Crippen MR) is 104 cm³/mol. The Hall–Kier alpha value is -2.51. The molecule has 1 heterocycles. The number of halogens is 1. The van der Waals surface area contributed by atoms with Gasteiger partial charge in [0.1, 0.15) is 0 Å². The standard InChI is InChI=1S/C19H19BrN4O2/c1-13-7-9-14(10-8-13)21-17(25)11-24(2)12-18-22-23-19(26-18)15-5-3-4-6-16(15)20/h3-10H,11-12H2,1-2H3,(H,21,25). The van der Waals surface area contributed by atoms with Gasteiger partial charge in [-0.25, -0.2) is 0 Å². The van der Waals surface area contributed by atoms with E-state index >= 15 is 0 Å². The Morgan fingerprint density at radius 1 is 1.15 bits per heavy atom. The van der Waals surface area contributed by atoms with Crippen molar-refractivity contribution in [2.75, 3.05) is 18.9 Å². The third-order valence-electron chi connectivity index (χ3n) is 3.73. The number of likely N-dealkylation sites (N-methyl/N-ethyl adjacent to an activating group) is 1. The van der Waals surface area contributed by atoms with E-state index in [1.54, 1.807) is 0 Å². The van der Waals surface area contributed by atoms with E-state index in [2.05, 4.69) is 31.4 Å². The van der Waals surface area contributed by atoms with Crippen LogP contribution in [-0.2, 0) is 11.3 Å². The molecule has 3 rings (SSSR count). The molecule has 0 aliphatic carbocycles. The van der Waals surface area contributed by atoms with Gasteiger partial charge < -0.3 is 9.73 Å². The lowest BCUT2D eigenvalue weighted by Crippen LogP contribution is -2.29. The second-order valence-corrected chi connectivity index (χ2v) is 6.92. The summed E-state index contributed by atoms with van der Waals surface area (Å²) in [7, 11) is 1.83. The van der Waals surface area contributed by atoms with Crippen molar-refractivity contribution in [3.8, 4) is 11.5 Å². The topological polar surface area (TPSA) is 71.3 Å². The molecule has 0 spiro atoms. The third-order valence-corrected chi connectivity index (χ3v) is 4.42. The van der Waals surface area contributed by atoms with Crippen LogP contribution >= 0.6 is 15.9 Å². The van der Waals surface area contributed by atoms with Crippen molar-refractivity contribution in [2.45, 2.75) is 13.5 Å². The molecule has 1 aromatic heterocycles. The van der Waals surface area contributed by atoms with Gasteiger partial charge in [-0.3, -0.25) is 9.69 Å². The lowest BCUT2D eigenvalue weighted by Gasteiger charge is -2.14. The van der Waals surface area contributed by atoms with Crippen LogP contribution in [0.4, 0.5) is 5.69 Å². The molecule has 1 N–H and O–H groups in total. The van der Waals surface area contributed by atoms with E-state index in [9.17, 15) is 4.79 Å². The molecule has 3 aromatic rings. The van der Waals surface area contributed by atoms with Crippen molar-refractivity contribution >= 4 is 27.5 Å². The molecule has 6 nitrogen and oxygen atoms in total. The van der Waals surface area contributed by atoms with Crippen LogP contribution in [0.25, 0.3) is 11.5 Å². The number of nitrogens with zero attached hydrogens (tertiary/aromatic N) is 3. The minimum absolute atomic E-state index is 0.0955. The lowest BCUT2D eigenvalue weighted by atomic mass is 10.2. The summed E-state index contributed by atoms with van der Waals surface area (Å²) in [6.45, 7) is 2.62. The van der Waals surface area contributed by atoms with Crippen LogP contribution in [0.15, 0.2) is 57.4 Å². The Morgan fingerprint density at radius 2 is 1.88 bits per heavy atom. The minimum Gasteiger partial charge on any atom is -0.419 e. The molecule has 134 valence electrons. The predicted octanol–water partition coefficient (Wildman–Crippen LogP) is 3.88. The molecule has 0 saturated carbocycles. The number of anilines is 1. The molecule has 2 aromatic carbocycles. The number of rotatable bonds is 6. The Bertz CT molecular complexity index is 893. The normalized spacial score (nSPS) is 10.9. The van der Waals surface area contributed by atoms with Crippen molar-refractivity contribution < 1.29 is 9.21 Å². The van der Waals surface area contributed by atoms with Gasteiger partial charge >= 0.3 is 0 Å². The Kier molecular flexibility index (Phi) is 5.80. The van der Waals surface area contributed by atoms with Crippen LogP contribution in [0.2, 0.25) is 0 Å². The van der Waals surface area contributed by atoms with Crippen molar-refractivity contribution in [1.29, 1.82) is 0 Å². The molecule has 0 aliphatic heterocycles. The number of aromatic nitrogens is 2. The maximum absolute atomic E-state index is 12.1. The van der Waals surface area contributed by atoms with E-state index < -0.39 is 0 Å². The zero-order valence-electron chi connectivity index (χ0n) is 14.6. The molecule has 0 saturated heterocycles. The molecule has 0 unspecified atom stereocenters. The number of amides is 1. The summed E-state index contributed by atoms with van der Waals surface area (Å²) in [5.41, 5.74) is 2.77. The number of hydrogen-bond donors (Lipinski definition) is 1. The van der Waals surface area contributed by atoms with Crippen molar-refractivity contribution in [3.05, 3.63) is 64.5 Å². The van der Waals surface area contributed by atoms with Crippen LogP contribution in [0.3, 0.4) is 0 Å². The highest BCUT2D eigenvalue weighted by molar-refractivity contribution is 9.10. The van der Waals surface area contributed by atoms with E-state index in [0.717, 1.165) is 21.3 Å². The van der Waals surface area contributed by atoms with Crippen LogP contribution < -0.4 is 5.32 Å². The van der Waals surface area contributed by atoms with Crippen molar-refractivity contribution in [1.82, 2.24) is 15.1 Å². The van der Waals surface area contributed by atoms with Gasteiger partial charge in [0, 0.05) is 10.2 Å². The molecule has 0 radical (unpaired) electrons. The van der Waals surface area contributed by atoms with E-state index in [1.165, 1.54) is 0 Å². The van der Waals surface area contributed by atoms with Crippen LogP contribution in [0.1, 0.15) is 11.5 Å². The molecule has 7 heteroatoms. The van der Waals surface area contributed by atoms with Gasteiger partial charge in [-0.05, 0) is 54.2 Å². The summed E-state index contributed by atoms with van der Waals surface area (Å²) in [6, 6.07) is 15.3. The summed E-state index contributed by atoms with van der Waals surface area (Å²) in [5, 5.41) is 11.0. The van der Waals surface area contributed by atoms with Gasteiger partial charge in [0.25, 0.3) is 0 Å². The Balaban J connectivity index is 1.56. The first kappa shape index (κ1) is 18.3. The molecule has 0 aliphatic rings. The average Bonchev–Trinajstić information content (AvgIpc) is 3.05. The number of aryl methyl sites for hydroxylation is 1. The first-order valence-corrected chi connectivity index (χ1v) is 8.93. The number of carbonyl (C=O) groups is 1. The minimum atomic E-state index is -0.0955. The molecule has 0 fully saturated rings. The lowest BCUT2D eigenvalue weighted by molar-refractivity contribution is -0.117. The van der Waals surface area contributed by atoms with E-state index in [0.29, 0.717) is 18.3 Å². The van der Waals surface area contributed by atoms with Crippen molar-refractivity contribution in [3.63, 3.8) is 0 Å². The smallest absolute Gasteiger partial charge is 0.248 e. The highest BCUT2D eigenvalue weighted by atomic mass is 79.9. The van der Waals surface area contributed by atoms with Crippen LogP contribution in [0.5, 0.6) is 0 Å². The number of carbonyl (C=O) groups excluding carboxylic acids is 1. The first-order valence-electron chi connectivity index (χ1n) is 8.13. The summed E-state index contributed by atoms with van der Waals surface area (Å²) < 4.78 is 6.60. The fourth-order valence-electron chi connectivity index (χ4n) is 2.43. The third kappa shape index (κ3) is 4.77. The van der Waals surface area contributed by atoms with Crippen molar-refractivity contribution in [2.24, 2.45) is 0 Å². The molecule has 26 heavy (non-hydrogen) atoms. The maximum Gasteiger partial charge on any atom is 0.248 e. The van der Waals surface area contributed by atoms with Gasteiger partial charge in [0.15, 0.2) is 0 Å². The van der Waals surface area contributed by atoms with E-state index in [1.807, 2.05) is 67.4 Å². The fourth-order valence-corrected chi connectivity index (χ4v) is 2.88. The SMILES string of the molecule is Cc1ccc(NC(=O)CN(C)Cc2nnc(-c3ccccc3Br)o2)cc1. The zero-order valence-corrected chi connectivity index (χ0v) is 16.2. The number of hydrogen-bond acceptors (Lipinski definition) is 5. The largest absolute Gasteiger partial charge is 0.419 e. The summed E-state index contributed by atoms with van der Waals surface area (Å²) in [4.78, 5) is 14.0. The Labute approximate surface area is 160 Å². The number of nitrogens with one attached hydrogen (secondary N) is 1. The van der Waals surface area contributed by atoms with Crippen LogP contribution in [-0.4, -0.2) is 34.6 Å². The monoisotopic (exact) mass is 414 g/mol. The number of benzene rings is 2. The fraction of sp³-hybridized carbons (Fsp3) is 0.211. The molecular formula is C19H19BrN4O2. The quantitative estimate of drug-likeness (QED) is 0.662. The van der Waals surface area contributed by atoms with E-state index in [-0.39, 0.29) is 12.5 Å². The van der Waals surface area contributed by atoms with Gasteiger partial charge in [0.2, 0.25) is 17.7 Å². The van der Waals surface area contributed by atoms with Gasteiger partial charge in [-0.1, -0.05) is 29.8 Å². The highest BCUT2D eigenvalue weighted by Crippen LogP contribution is 2.26. The summed E-state index contributed by atoms with van der Waals surface area (Å²) in [6.07, 6.45) is 0. The maximum atomic E-state index is 12.1. The van der Waals surface area contributed by atoms with Gasteiger partial charge in [0.05, 0.1) is 18.7 Å². The Morgan fingerprint density at radius 3 is 2.62 bits per heavy atom. The second kappa shape index (κ2) is 8.25. The zero-order chi connectivity index (χ0) is 18.5. The summed E-state index contributed by atoms with van der Waals surface area (Å²) in [5.74, 6) is 0.813. The summed E-state index contributed by atoms with van der Waals surface area (Å²) >= 11 is 3.47.